The van der Waals surface area contributed by atoms with Crippen molar-refractivity contribution >= 4 is 22.4 Å². The second-order valence-electron chi connectivity index (χ2n) is 5.64. The van der Waals surface area contributed by atoms with Crippen molar-refractivity contribution in [1.29, 1.82) is 5.26 Å². The number of anilines is 2. The summed E-state index contributed by atoms with van der Waals surface area (Å²) in [5.74, 6) is 0.948. The van der Waals surface area contributed by atoms with Crippen molar-refractivity contribution in [3.63, 3.8) is 0 Å². The van der Waals surface area contributed by atoms with Gasteiger partial charge in [0.1, 0.15) is 22.5 Å². The molecule has 1 aliphatic carbocycles. The molecule has 2 N–H and O–H groups in total. The highest BCUT2D eigenvalue weighted by Gasteiger charge is 2.23. The normalized spacial score (nSPS) is 21.1. The van der Waals surface area contributed by atoms with Crippen LogP contribution in [0.25, 0.3) is 0 Å². The third-order valence-corrected chi connectivity index (χ3v) is 4.92. The molecule has 0 atom stereocenters. The van der Waals surface area contributed by atoms with Crippen molar-refractivity contribution in [1.82, 2.24) is 9.36 Å². The Morgan fingerprint density at radius 2 is 1.91 bits per heavy atom. The van der Waals surface area contributed by atoms with E-state index in [-0.39, 0.29) is 0 Å². The van der Waals surface area contributed by atoms with Gasteiger partial charge >= 0.3 is 0 Å². The molecule has 1 fully saturated rings. The smallest absolute Gasteiger partial charge is 0.127 e. The molecule has 0 radical (unpaired) electrons. The number of nitriles is 1. The van der Waals surface area contributed by atoms with Crippen LogP contribution in [0, 0.1) is 18.3 Å². The summed E-state index contributed by atoms with van der Waals surface area (Å²) in [4.78, 5) is 4.32. The Bertz CT molecular complexity index is 653. The molecule has 0 saturated heterocycles. The number of nitrogens with zero attached hydrogens (tertiary/aromatic N) is 3. The number of rotatable bonds is 4. The van der Waals surface area contributed by atoms with Crippen LogP contribution in [0.3, 0.4) is 0 Å². The van der Waals surface area contributed by atoms with Crippen molar-refractivity contribution in [2.45, 2.75) is 44.7 Å². The molecule has 22 heavy (non-hydrogen) atoms. The average molecular weight is 313 g/mol. The zero-order valence-corrected chi connectivity index (χ0v) is 13.4. The van der Waals surface area contributed by atoms with Gasteiger partial charge in [-0.05, 0) is 56.3 Å². The van der Waals surface area contributed by atoms with E-state index in [1.807, 2.05) is 31.3 Å². The first-order valence-electron chi connectivity index (χ1n) is 7.56. The predicted molar refractivity (Wildman–Crippen MR) is 89.1 cm³/mol. The van der Waals surface area contributed by atoms with E-state index in [0.717, 1.165) is 42.2 Å². The molecule has 1 aliphatic rings. The predicted octanol–water partition coefficient (Wildman–Crippen LogP) is 3.55. The summed E-state index contributed by atoms with van der Waals surface area (Å²) >= 11 is 1.39. The Morgan fingerprint density at radius 1 is 1.18 bits per heavy atom. The molecular formula is C16H19N5S. The van der Waals surface area contributed by atoms with Crippen molar-refractivity contribution in [3.8, 4) is 6.07 Å². The summed E-state index contributed by atoms with van der Waals surface area (Å²) in [6.07, 6.45) is 6.20. The second-order valence-corrected chi connectivity index (χ2v) is 6.41. The SMILES string of the molecule is Cc1nsc(NC2CCC(Nc3ccccn3)CC2)c1C#N. The number of nitrogens with one attached hydrogen (secondary N) is 2. The fraction of sp³-hybridized carbons (Fsp3) is 0.438. The first kappa shape index (κ1) is 14.8. The van der Waals surface area contributed by atoms with Gasteiger partial charge in [-0.15, -0.1) is 0 Å². The molecule has 0 spiro atoms. The van der Waals surface area contributed by atoms with Gasteiger partial charge in [0.05, 0.1) is 5.69 Å². The van der Waals surface area contributed by atoms with Crippen LogP contribution in [0.5, 0.6) is 0 Å². The minimum atomic E-state index is 0.425. The standard InChI is InChI=1S/C16H19N5S/c1-11-14(10-17)16(22-21-11)20-13-7-5-12(6-8-13)19-15-4-2-3-9-18-15/h2-4,9,12-13,20H,5-8H2,1H3,(H,18,19). The van der Waals surface area contributed by atoms with E-state index in [0.29, 0.717) is 17.6 Å². The lowest BCUT2D eigenvalue weighted by Gasteiger charge is -2.30. The number of hydrogen-bond donors (Lipinski definition) is 2. The van der Waals surface area contributed by atoms with E-state index in [1.54, 1.807) is 0 Å². The summed E-state index contributed by atoms with van der Waals surface area (Å²) in [5.41, 5.74) is 1.51. The Labute approximate surface area is 134 Å². The maximum absolute atomic E-state index is 9.18. The van der Waals surface area contributed by atoms with Crippen LogP contribution >= 0.6 is 11.5 Å². The van der Waals surface area contributed by atoms with Crippen LogP contribution in [0.1, 0.15) is 36.9 Å². The van der Waals surface area contributed by atoms with Gasteiger partial charge in [-0.1, -0.05) is 6.07 Å². The molecule has 3 rings (SSSR count). The van der Waals surface area contributed by atoms with E-state index in [9.17, 15) is 5.26 Å². The molecule has 114 valence electrons. The highest BCUT2D eigenvalue weighted by atomic mass is 32.1. The van der Waals surface area contributed by atoms with Gasteiger partial charge < -0.3 is 10.6 Å². The minimum absolute atomic E-state index is 0.425. The first-order valence-corrected chi connectivity index (χ1v) is 8.34. The van der Waals surface area contributed by atoms with E-state index < -0.39 is 0 Å². The van der Waals surface area contributed by atoms with Gasteiger partial charge in [-0.3, -0.25) is 0 Å². The molecule has 2 aromatic rings. The molecule has 0 unspecified atom stereocenters. The molecule has 0 amide bonds. The zero-order valence-electron chi connectivity index (χ0n) is 12.5. The zero-order chi connectivity index (χ0) is 15.4. The van der Waals surface area contributed by atoms with Gasteiger partial charge in [0.25, 0.3) is 0 Å². The monoisotopic (exact) mass is 313 g/mol. The van der Waals surface area contributed by atoms with E-state index in [4.69, 9.17) is 0 Å². The van der Waals surface area contributed by atoms with Crippen LogP contribution in [-0.4, -0.2) is 21.4 Å². The lowest BCUT2D eigenvalue weighted by molar-refractivity contribution is 0.428. The molecule has 6 heteroatoms. The highest BCUT2D eigenvalue weighted by Crippen LogP contribution is 2.29. The number of pyridine rings is 1. The third kappa shape index (κ3) is 3.37. The molecule has 0 aromatic carbocycles. The van der Waals surface area contributed by atoms with Crippen molar-refractivity contribution in [2.24, 2.45) is 0 Å². The lowest BCUT2D eigenvalue weighted by atomic mass is 9.91. The van der Waals surface area contributed by atoms with Crippen LogP contribution in [-0.2, 0) is 0 Å². The van der Waals surface area contributed by atoms with E-state index in [2.05, 4.69) is 26.1 Å². The average Bonchev–Trinajstić information content (AvgIpc) is 2.90. The molecule has 2 aromatic heterocycles. The second kappa shape index (κ2) is 6.75. The molecule has 1 saturated carbocycles. The Kier molecular flexibility index (Phi) is 4.54. The first-order chi connectivity index (χ1) is 10.8. The van der Waals surface area contributed by atoms with E-state index >= 15 is 0 Å². The largest absolute Gasteiger partial charge is 0.372 e. The molecular weight excluding hydrogens is 294 g/mol. The summed E-state index contributed by atoms with van der Waals surface area (Å²) in [7, 11) is 0. The summed E-state index contributed by atoms with van der Waals surface area (Å²) in [5, 5.41) is 17.1. The van der Waals surface area contributed by atoms with Crippen LogP contribution < -0.4 is 10.6 Å². The van der Waals surface area contributed by atoms with E-state index in [1.165, 1.54) is 11.5 Å². The van der Waals surface area contributed by atoms with Gasteiger partial charge in [0, 0.05) is 18.3 Å². The van der Waals surface area contributed by atoms with Crippen LogP contribution in [0.15, 0.2) is 24.4 Å². The molecule has 0 bridgehead atoms. The Balaban J connectivity index is 1.53. The van der Waals surface area contributed by atoms with Crippen molar-refractivity contribution in [2.75, 3.05) is 10.6 Å². The number of aryl methyl sites for hydroxylation is 1. The van der Waals surface area contributed by atoms with Gasteiger partial charge in [-0.2, -0.15) is 9.64 Å². The highest BCUT2D eigenvalue weighted by molar-refractivity contribution is 7.10. The number of hydrogen-bond acceptors (Lipinski definition) is 6. The summed E-state index contributed by atoms with van der Waals surface area (Å²) < 4.78 is 4.26. The van der Waals surface area contributed by atoms with Crippen molar-refractivity contribution < 1.29 is 0 Å². The molecule has 2 heterocycles. The van der Waals surface area contributed by atoms with Gasteiger partial charge in [0.2, 0.25) is 0 Å². The summed E-state index contributed by atoms with van der Waals surface area (Å²) in [6.45, 7) is 1.88. The quantitative estimate of drug-likeness (QED) is 0.903. The Hall–Kier alpha value is -2.13. The van der Waals surface area contributed by atoms with Gasteiger partial charge in [0.15, 0.2) is 0 Å². The van der Waals surface area contributed by atoms with Crippen LogP contribution in [0.2, 0.25) is 0 Å². The third-order valence-electron chi connectivity index (χ3n) is 4.05. The van der Waals surface area contributed by atoms with Gasteiger partial charge in [-0.25, -0.2) is 4.98 Å². The topological polar surface area (TPSA) is 73.6 Å². The maximum Gasteiger partial charge on any atom is 0.127 e. The molecule has 0 aliphatic heterocycles. The summed E-state index contributed by atoms with van der Waals surface area (Å²) in [6, 6.07) is 9.07. The van der Waals surface area contributed by atoms with Crippen LogP contribution in [0.4, 0.5) is 10.8 Å². The maximum atomic E-state index is 9.18. The minimum Gasteiger partial charge on any atom is -0.372 e. The molecule has 5 nitrogen and oxygen atoms in total. The van der Waals surface area contributed by atoms with Crippen molar-refractivity contribution in [3.05, 3.63) is 35.7 Å². The number of aromatic nitrogens is 2. The Morgan fingerprint density at radius 3 is 2.55 bits per heavy atom. The lowest BCUT2D eigenvalue weighted by Crippen LogP contribution is -2.32. The fourth-order valence-electron chi connectivity index (χ4n) is 2.82. The fourth-order valence-corrected chi connectivity index (χ4v) is 3.65.